The summed E-state index contributed by atoms with van der Waals surface area (Å²) in [5, 5.41) is 22.8. The minimum atomic E-state index is -1.21. The van der Waals surface area contributed by atoms with E-state index in [0.29, 0.717) is 60.7 Å². The topological polar surface area (TPSA) is 350 Å². The van der Waals surface area contributed by atoms with E-state index in [0.717, 1.165) is 50.3 Å². The predicted octanol–water partition coefficient (Wildman–Crippen LogP) is 6.50. The van der Waals surface area contributed by atoms with Crippen LogP contribution in [0.1, 0.15) is 89.0 Å². The second-order valence-corrected chi connectivity index (χ2v) is 26.0. The number of esters is 2. The maximum Gasteiger partial charge on any atom is 0.357 e. The third-order valence-corrected chi connectivity index (χ3v) is 15.7. The fraction of sp³-hybridized carbons (Fsp3) is 0.378. The summed E-state index contributed by atoms with van der Waals surface area (Å²) in [5.74, 6) is -0.445. The SMILES string of the molecule is COc1ccc(COc2cnc(CNC(=O)CN)cc2OCc2ccc(OC)cc2)cc1.COc1ccc(COc2cnc(CNC(=O)CNC(=O)C3=C(C(=O)OC(C)(C)C)N4C(=O)[C@@H](C)CN4C3)cc2OCc2ccc(OC)cc2)cc1.C[C@H]1CN2CC(C(=O)O)=C(C(=O)OC(C)(C)C)N2C1=O. The Morgan fingerprint density at radius 2 is 0.825 bits per heavy atom. The van der Waals surface area contributed by atoms with Gasteiger partial charge in [0.05, 0.1) is 114 Å². The lowest BCUT2D eigenvalue weighted by Crippen LogP contribution is -2.39. The van der Waals surface area contributed by atoms with Crippen molar-refractivity contribution in [3.63, 3.8) is 0 Å². The Morgan fingerprint density at radius 1 is 0.495 bits per heavy atom. The molecule has 29 nitrogen and oxygen atoms in total. The van der Waals surface area contributed by atoms with Crippen LogP contribution >= 0.6 is 0 Å². The summed E-state index contributed by atoms with van der Waals surface area (Å²) in [7, 11) is 6.46. The molecule has 0 spiro atoms. The van der Waals surface area contributed by atoms with Crippen LogP contribution in [0.5, 0.6) is 46.0 Å². The Hall–Kier alpha value is -11.3. The molecular formula is C74H88N10O19. The number of amides is 5. The van der Waals surface area contributed by atoms with E-state index in [1.807, 2.05) is 97.1 Å². The number of fused-ring (bicyclic) bond motifs is 2. The second kappa shape index (κ2) is 35.3. The summed E-state index contributed by atoms with van der Waals surface area (Å²) in [6, 6.07) is 33.6. The molecule has 4 aliphatic heterocycles. The number of carbonyl (C=O) groups excluding carboxylic acids is 7. The number of hydrogen-bond donors (Lipinski definition) is 5. The van der Waals surface area contributed by atoms with Crippen LogP contribution in [0, 0.1) is 11.8 Å². The summed E-state index contributed by atoms with van der Waals surface area (Å²) >= 11 is 0. The molecule has 0 bridgehead atoms. The molecule has 10 rings (SSSR count). The van der Waals surface area contributed by atoms with Gasteiger partial charge in [0, 0.05) is 25.2 Å². The van der Waals surface area contributed by atoms with Gasteiger partial charge in [-0.3, -0.25) is 33.9 Å². The number of carboxylic acids is 1. The summed E-state index contributed by atoms with van der Waals surface area (Å²) in [4.78, 5) is 108. The highest BCUT2D eigenvalue weighted by molar-refractivity contribution is 6.07. The maximum atomic E-state index is 13.2. The van der Waals surface area contributed by atoms with E-state index in [2.05, 4.69) is 25.9 Å². The molecule has 2 atom stereocenters. The first-order chi connectivity index (χ1) is 49.1. The molecule has 2 aromatic heterocycles. The van der Waals surface area contributed by atoms with Gasteiger partial charge in [0.1, 0.15) is 60.6 Å². The van der Waals surface area contributed by atoms with Gasteiger partial charge < -0.3 is 74.2 Å². The number of carbonyl (C=O) groups is 8. The monoisotopic (exact) mass is 1420 g/mol. The smallest absolute Gasteiger partial charge is 0.357 e. The number of pyridine rings is 2. The van der Waals surface area contributed by atoms with Gasteiger partial charge in [0.15, 0.2) is 34.4 Å². The molecule has 0 aliphatic carbocycles. The van der Waals surface area contributed by atoms with Gasteiger partial charge in [0.25, 0.3) is 5.91 Å². The Morgan fingerprint density at radius 3 is 1.16 bits per heavy atom. The molecule has 4 aromatic carbocycles. The molecule has 6 aromatic rings. The summed E-state index contributed by atoms with van der Waals surface area (Å²) in [6.45, 7) is 15.5. The molecule has 2 fully saturated rings. The zero-order valence-corrected chi connectivity index (χ0v) is 59.7. The predicted molar refractivity (Wildman–Crippen MR) is 372 cm³/mol. The van der Waals surface area contributed by atoms with E-state index in [-0.39, 0.29) is 105 Å². The second-order valence-electron chi connectivity index (χ2n) is 26.0. The lowest BCUT2D eigenvalue weighted by Gasteiger charge is -2.24. The van der Waals surface area contributed by atoms with Crippen molar-refractivity contribution in [2.75, 3.05) is 67.7 Å². The maximum absolute atomic E-state index is 13.2. The third kappa shape index (κ3) is 21.6. The molecule has 4 aliphatic rings. The molecule has 548 valence electrons. The number of aliphatic carboxylic acids is 1. The minimum Gasteiger partial charge on any atom is -0.497 e. The first kappa shape index (κ1) is 77.4. The number of hydrogen-bond acceptors (Lipinski definition) is 23. The zero-order valence-electron chi connectivity index (χ0n) is 59.7. The lowest BCUT2D eigenvalue weighted by molar-refractivity contribution is -0.156. The number of nitrogens with two attached hydrogens (primary N) is 1. The highest BCUT2D eigenvalue weighted by atomic mass is 16.6. The average Bonchev–Trinajstić information content (AvgIpc) is 1.61. The molecule has 6 heterocycles. The molecule has 0 saturated carbocycles. The van der Waals surface area contributed by atoms with Crippen LogP contribution in [0.3, 0.4) is 0 Å². The number of methoxy groups -OCH3 is 4. The lowest BCUT2D eigenvalue weighted by atomic mass is 10.1. The van der Waals surface area contributed by atoms with Crippen LogP contribution in [0.15, 0.2) is 144 Å². The summed E-state index contributed by atoms with van der Waals surface area (Å²) in [6.07, 6.45) is 3.13. The summed E-state index contributed by atoms with van der Waals surface area (Å²) in [5.41, 5.74) is 8.31. The van der Waals surface area contributed by atoms with Crippen molar-refractivity contribution in [2.24, 2.45) is 17.6 Å². The van der Waals surface area contributed by atoms with E-state index in [9.17, 15) is 43.5 Å². The van der Waals surface area contributed by atoms with Gasteiger partial charge in [-0.25, -0.2) is 34.4 Å². The number of nitrogens with one attached hydrogen (secondary N) is 3. The molecule has 29 heteroatoms. The van der Waals surface area contributed by atoms with E-state index < -0.39 is 40.9 Å². The number of benzene rings is 4. The van der Waals surface area contributed by atoms with Crippen molar-refractivity contribution >= 4 is 47.4 Å². The fourth-order valence-corrected chi connectivity index (χ4v) is 10.5. The van der Waals surface area contributed by atoms with Crippen molar-refractivity contribution in [3.8, 4) is 46.0 Å². The van der Waals surface area contributed by atoms with E-state index in [1.54, 1.807) is 112 Å². The molecule has 5 amide bonds. The number of aromatic nitrogens is 2. The highest BCUT2D eigenvalue weighted by Crippen LogP contribution is 2.36. The van der Waals surface area contributed by atoms with Crippen LogP contribution < -0.4 is 59.6 Å². The Balaban J connectivity index is 0.000000219. The number of ether oxygens (including phenoxy) is 10. The quantitative estimate of drug-likeness (QED) is 0.0343. The zero-order chi connectivity index (χ0) is 74.7. The van der Waals surface area contributed by atoms with Crippen molar-refractivity contribution < 1.29 is 90.8 Å². The van der Waals surface area contributed by atoms with Gasteiger partial charge >= 0.3 is 17.9 Å². The van der Waals surface area contributed by atoms with Gasteiger partial charge in [-0.15, -0.1) is 0 Å². The molecule has 103 heavy (non-hydrogen) atoms. The van der Waals surface area contributed by atoms with Crippen molar-refractivity contribution in [1.29, 1.82) is 0 Å². The molecule has 6 N–H and O–H groups in total. The molecular weight excluding hydrogens is 1330 g/mol. The van der Waals surface area contributed by atoms with E-state index in [4.69, 9.17) is 53.1 Å². The molecule has 0 radical (unpaired) electrons. The van der Waals surface area contributed by atoms with E-state index in [1.165, 1.54) is 11.2 Å². The van der Waals surface area contributed by atoms with Crippen LogP contribution in [-0.4, -0.2) is 161 Å². The highest BCUT2D eigenvalue weighted by Gasteiger charge is 2.50. The Labute approximate surface area is 597 Å². The van der Waals surface area contributed by atoms with Gasteiger partial charge in [0.2, 0.25) is 23.6 Å². The van der Waals surface area contributed by atoms with E-state index >= 15 is 0 Å². The number of hydrazine groups is 2. The van der Waals surface area contributed by atoms with Crippen molar-refractivity contribution in [3.05, 3.63) is 178 Å². The normalized spacial score (nSPS) is 15.5. The average molecular weight is 1420 g/mol. The largest absolute Gasteiger partial charge is 0.497 e. The fourth-order valence-electron chi connectivity index (χ4n) is 10.5. The minimum absolute atomic E-state index is 0.0339. The first-order valence-corrected chi connectivity index (χ1v) is 32.9. The van der Waals surface area contributed by atoms with Gasteiger partial charge in [-0.1, -0.05) is 62.4 Å². The number of rotatable bonds is 27. The molecule has 2 saturated heterocycles. The number of carboxylic acid groups (broad SMARTS) is 1. The van der Waals surface area contributed by atoms with Crippen molar-refractivity contribution in [1.82, 2.24) is 46.0 Å². The Bertz CT molecular complexity index is 4080. The molecule has 0 unspecified atom stereocenters. The van der Waals surface area contributed by atoms with Crippen LogP contribution in [0.25, 0.3) is 0 Å². The van der Waals surface area contributed by atoms with Crippen molar-refractivity contribution in [2.45, 2.75) is 106 Å². The number of nitrogens with zero attached hydrogens (tertiary/aromatic N) is 6. The standard InChI is InChI=1S/C37H43N5O9.C24H27N3O5.C13H18N2O5/c1-23-19-41-20-29(33(42(41)35(23)45)36(46)51-37(2,3)4)34(44)40-18-32(43)39-16-26-15-30(49-21-24-7-11-27(47-5)12-8-24)31(17-38-26)50-22-25-9-13-28(48-6)14-10-25;1-29-20-7-3-17(4-8-20)15-31-22-11-19(13-27-24(28)12-25)26-14-23(22)32-16-18-5-9-21(30-2)10-6-18;1-7-5-14-6-8(11(17)18)9(15(14)10(7)16)12(19)20-13(2,3)4/h7-15,17,23H,16,18-22H2,1-6H3,(H,39,43)(H,40,44);3-11,14H,12-13,15-16,25H2,1-2H3,(H,27,28);7H,5-6H2,1-4H3,(H,17,18)/t23-;;7-/m0.0/s1. The van der Waals surface area contributed by atoms with Gasteiger partial charge in [-0.05, 0) is 112 Å². The first-order valence-electron chi connectivity index (χ1n) is 32.9. The van der Waals surface area contributed by atoms with Crippen LogP contribution in [-0.2, 0) is 87.3 Å². The van der Waals surface area contributed by atoms with Gasteiger partial charge in [-0.2, -0.15) is 0 Å². The Kier molecular flexibility index (Phi) is 26.6. The van der Waals surface area contributed by atoms with Crippen LogP contribution in [0.4, 0.5) is 0 Å². The summed E-state index contributed by atoms with van der Waals surface area (Å²) < 4.78 is 55.8. The third-order valence-electron chi connectivity index (χ3n) is 15.7. The van der Waals surface area contributed by atoms with Crippen LogP contribution in [0.2, 0.25) is 0 Å².